The van der Waals surface area contributed by atoms with Crippen molar-refractivity contribution in [3.8, 4) is 0 Å². The van der Waals surface area contributed by atoms with Gasteiger partial charge in [-0.2, -0.15) is 0 Å². The first kappa shape index (κ1) is 14.7. The Bertz CT molecular complexity index is 581. The summed E-state index contributed by atoms with van der Waals surface area (Å²) in [5.41, 5.74) is 1.12. The second-order valence-corrected chi connectivity index (χ2v) is 6.29. The van der Waals surface area contributed by atoms with Crippen LogP contribution in [0.2, 0.25) is 10.0 Å². The van der Waals surface area contributed by atoms with Crippen LogP contribution in [0.5, 0.6) is 0 Å². The van der Waals surface area contributed by atoms with Gasteiger partial charge in [-0.05, 0) is 38.5 Å². The first-order valence-corrected chi connectivity index (χ1v) is 7.71. The third-order valence-electron chi connectivity index (χ3n) is 2.70. The van der Waals surface area contributed by atoms with Crippen LogP contribution in [-0.4, -0.2) is 14.8 Å². The Labute approximate surface area is 127 Å². The Kier molecular flexibility index (Phi) is 4.76. The maximum Gasteiger partial charge on any atom is 0.191 e. The van der Waals surface area contributed by atoms with Crippen molar-refractivity contribution in [1.29, 1.82) is 0 Å². The molecule has 0 N–H and O–H groups in total. The summed E-state index contributed by atoms with van der Waals surface area (Å²) in [4.78, 5) is 0. The third-order valence-corrected chi connectivity index (χ3v) is 4.46. The van der Waals surface area contributed by atoms with Gasteiger partial charge in [0.15, 0.2) is 5.16 Å². The van der Waals surface area contributed by atoms with Gasteiger partial charge in [0, 0.05) is 11.8 Å². The minimum atomic E-state index is 0.353. The summed E-state index contributed by atoms with van der Waals surface area (Å²) in [5.74, 6) is 1.73. The molecule has 102 valence electrons. The number of aryl methyl sites for hydroxylation is 1. The maximum absolute atomic E-state index is 6.01. The highest BCUT2D eigenvalue weighted by molar-refractivity contribution is 7.98. The summed E-state index contributed by atoms with van der Waals surface area (Å²) in [6, 6.07) is 6.04. The molecule has 0 radical (unpaired) electrons. The predicted molar refractivity (Wildman–Crippen MR) is 81.2 cm³/mol. The van der Waals surface area contributed by atoms with Gasteiger partial charge in [-0.25, -0.2) is 0 Å². The summed E-state index contributed by atoms with van der Waals surface area (Å²) < 4.78 is 2.13. The van der Waals surface area contributed by atoms with Crippen LogP contribution < -0.4 is 0 Å². The van der Waals surface area contributed by atoms with Crippen LogP contribution in [0.15, 0.2) is 23.4 Å². The van der Waals surface area contributed by atoms with Crippen LogP contribution in [0.25, 0.3) is 0 Å². The normalized spacial score (nSPS) is 11.3. The lowest BCUT2D eigenvalue weighted by atomic mass is 10.2. The van der Waals surface area contributed by atoms with E-state index in [9.17, 15) is 0 Å². The fourth-order valence-electron chi connectivity index (χ4n) is 1.82. The van der Waals surface area contributed by atoms with Gasteiger partial charge in [0.2, 0.25) is 0 Å². The summed E-state index contributed by atoms with van der Waals surface area (Å²) in [5, 5.41) is 10.4. The SMILES string of the molecule is Cc1nnc(SCc2ccc(Cl)c(Cl)c2)n1C(C)C. The molecule has 1 aromatic carbocycles. The van der Waals surface area contributed by atoms with E-state index in [4.69, 9.17) is 23.2 Å². The van der Waals surface area contributed by atoms with Crippen molar-refractivity contribution in [2.24, 2.45) is 0 Å². The van der Waals surface area contributed by atoms with E-state index in [1.165, 1.54) is 0 Å². The lowest BCUT2D eigenvalue weighted by Gasteiger charge is -2.11. The zero-order valence-corrected chi connectivity index (χ0v) is 13.4. The number of nitrogens with zero attached hydrogens (tertiary/aromatic N) is 3. The molecule has 2 aromatic rings. The van der Waals surface area contributed by atoms with Crippen molar-refractivity contribution in [3.63, 3.8) is 0 Å². The van der Waals surface area contributed by atoms with E-state index < -0.39 is 0 Å². The molecule has 0 aliphatic carbocycles. The van der Waals surface area contributed by atoms with Crippen LogP contribution in [0.3, 0.4) is 0 Å². The lowest BCUT2D eigenvalue weighted by Crippen LogP contribution is -2.04. The first-order chi connectivity index (χ1) is 8.99. The van der Waals surface area contributed by atoms with Crippen molar-refractivity contribution < 1.29 is 0 Å². The standard InChI is InChI=1S/C13H15Cl2N3S/c1-8(2)18-9(3)16-17-13(18)19-7-10-4-5-11(14)12(15)6-10/h4-6,8H,7H2,1-3H3. The summed E-state index contributed by atoms with van der Waals surface area (Å²) >= 11 is 13.6. The van der Waals surface area contributed by atoms with E-state index in [0.29, 0.717) is 16.1 Å². The molecule has 0 unspecified atom stereocenters. The van der Waals surface area contributed by atoms with E-state index in [0.717, 1.165) is 22.3 Å². The Morgan fingerprint density at radius 2 is 1.95 bits per heavy atom. The number of thioether (sulfide) groups is 1. The molecule has 0 saturated carbocycles. The van der Waals surface area contributed by atoms with Crippen molar-refractivity contribution in [2.45, 2.75) is 37.7 Å². The van der Waals surface area contributed by atoms with E-state index >= 15 is 0 Å². The largest absolute Gasteiger partial charge is 0.304 e. The van der Waals surface area contributed by atoms with Crippen molar-refractivity contribution in [3.05, 3.63) is 39.6 Å². The van der Waals surface area contributed by atoms with Crippen molar-refractivity contribution in [1.82, 2.24) is 14.8 Å². The molecule has 0 atom stereocenters. The minimum Gasteiger partial charge on any atom is -0.304 e. The summed E-state index contributed by atoms with van der Waals surface area (Å²) in [7, 11) is 0. The average molecular weight is 316 g/mol. The van der Waals surface area contributed by atoms with Gasteiger partial charge < -0.3 is 4.57 Å². The lowest BCUT2D eigenvalue weighted by molar-refractivity contribution is 0.536. The van der Waals surface area contributed by atoms with Crippen LogP contribution in [0.1, 0.15) is 31.3 Å². The molecule has 0 spiro atoms. The Hall–Kier alpha value is -0.710. The van der Waals surface area contributed by atoms with E-state index in [1.807, 2.05) is 25.1 Å². The molecular weight excluding hydrogens is 301 g/mol. The fraction of sp³-hybridized carbons (Fsp3) is 0.385. The molecule has 0 bridgehead atoms. The molecular formula is C13H15Cl2N3S. The van der Waals surface area contributed by atoms with Gasteiger partial charge in [0.1, 0.15) is 5.82 Å². The van der Waals surface area contributed by atoms with Gasteiger partial charge in [-0.1, -0.05) is 41.0 Å². The molecule has 19 heavy (non-hydrogen) atoms. The quantitative estimate of drug-likeness (QED) is 0.762. The zero-order chi connectivity index (χ0) is 14.0. The second kappa shape index (κ2) is 6.16. The number of hydrogen-bond donors (Lipinski definition) is 0. The second-order valence-electron chi connectivity index (χ2n) is 4.53. The number of rotatable bonds is 4. The molecule has 0 amide bonds. The maximum atomic E-state index is 6.01. The smallest absolute Gasteiger partial charge is 0.191 e. The number of benzene rings is 1. The molecule has 0 saturated heterocycles. The van der Waals surface area contributed by atoms with Crippen LogP contribution in [0, 0.1) is 6.92 Å². The van der Waals surface area contributed by atoms with Crippen LogP contribution in [-0.2, 0) is 5.75 Å². The molecule has 3 nitrogen and oxygen atoms in total. The molecule has 0 aliphatic rings. The van der Waals surface area contributed by atoms with Crippen molar-refractivity contribution in [2.75, 3.05) is 0 Å². The highest BCUT2D eigenvalue weighted by Crippen LogP contribution is 2.28. The highest BCUT2D eigenvalue weighted by atomic mass is 35.5. The number of hydrogen-bond acceptors (Lipinski definition) is 3. The van der Waals surface area contributed by atoms with Crippen LogP contribution >= 0.6 is 35.0 Å². The Morgan fingerprint density at radius 3 is 2.58 bits per heavy atom. The number of halogens is 2. The Balaban J connectivity index is 2.12. The van der Waals surface area contributed by atoms with Gasteiger partial charge in [0.05, 0.1) is 10.0 Å². The molecule has 1 aromatic heterocycles. The number of aromatic nitrogens is 3. The molecule has 1 heterocycles. The van der Waals surface area contributed by atoms with E-state index in [-0.39, 0.29) is 0 Å². The van der Waals surface area contributed by atoms with E-state index in [2.05, 4.69) is 28.6 Å². The summed E-state index contributed by atoms with van der Waals surface area (Å²) in [6.07, 6.45) is 0. The van der Waals surface area contributed by atoms with Gasteiger partial charge in [0.25, 0.3) is 0 Å². The first-order valence-electron chi connectivity index (χ1n) is 5.97. The zero-order valence-electron chi connectivity index (χ0n) is 11.0. The highest BCUT2D eigenvalue weighted by Gasteiger charge is 2.12. The topological polar surface area (TPSA) is 30.7 Å². The Morgan fingerprint density at radius 1 is 1.21 bits per heavy atom. The van der Waals surface area contributed by atoms with Gasteiger partial charge in [-0.3, -0.25) is 0 Å². The molecule has 6 heteroatoms. The van der Waals surface area contributed by atoms with E-state index in [1.54, 1.807) is 11.8 Å². The van der Waals surface area contributed by atoms with Crippen LogP contribution in [0.4, 0.5) is 0 Å². The fourth-order valence-corrected chi connectivity index (χ4v) is 3.20. The van der Waals surface area contributed by atoms with Gasteiger partial charge in [-0.15, -0.1) is 10.2 Å². The van der Waals surface area contributed by atoms with Crippen molar-refractivity contribution >= 4 is 35.0 Å². The molecule has 0 aliphatic heterocycles. The van der Waals surface area contributed by atoms with Gasteiger partial charge >= 0.3 is 0 Å². The molecule has 2 rings (SSSR count). The average Bonchev–Trinajstić information content (AvgIpc) is 2.72. The summed E-state index contributed by atoms with van der Waals surface area (Å²) in [6.45, 7) is 6.22. The monoisotopic (exact) mass is 315 g/mol. The molecule has 0 fully saturated rings. The predicted octanol–water partition coefficient (Wildman–Crippen LogP) is 4.77. The minimum absolute atomic E-state index is 0.353. The third kappa shape index (κ3) is 3.44.